The summed E-state index contributed by atoms with van der Waals surface area (Å²) in [5, 5.41) is 8.69. The van der Waals surface area contributed by atoms with Crippen molar-refractivity contribution in [2.75, 3.05) is 0 Å². The molecule has 3 nitrogen and oxygen atoms in total. The summed E-state index contributed by atoms with van der Waals surface area (Å²) < 4.78 is 11.6. The first-order chi connectivity index (χ1) is 6.52. The zero-order valence-electron chi connectivity index (χ0n) is 8.06. The molecule has 14 heavy (non-hydrogen) atoms. The maximum atomic E-state index is 11.6. The molecule has 0 unspecified atom stereocenters. The average molecular weight is 212 g/mol. The minimum Gasteiger partial charge on any atom is -0.478 e. The predicted octanol–water partition coefficient (Wildman–Crippen LogP) is 1.90. The molecule has 4 heteroatoms. The summed E-state index contributed by atoms with van der Waals surface area (Å²) >= 11 is 0. The zero-order valence-corrected chi connectivity index (χ0v) is 8.88. The minimum absolute atomic E-state index is 0.0469. The summed E-state index contributed by atoms with van der Waals surface area (Å²) in [5.41, 5.74) is 0.217. The number of hydrogen-bond donors (Lipinski definition) is 1. The molecule has 0 fully saturated rings. The normalized spacial score (nSPS) is 12.8. The third-order valence-electron chi connectivity index (χ3n) is 1.76. The van der Waals surface area contributed by atoms with Crippen LogP contribution in [0.3, 0.4) is 0 Å². The first kappa shape index (κ1) is 10.9. The number of carbonyl (C=O) groups is 1. The lowest BCUT2D eigenvalue weighted by molar-refractivity contribution is 0.0697. The zero-order chi connectivity index (χ0) is 10.7. The second kappa shape index (κ2) is 4.37. The van der Waals surface area contributed by atoms with E-state index in [0.717, 1.165) is 0 Å². The lowest BCUT2D eigenvalue weighted by Crippen LogP contribution is -2.06. The Morgan fingerprint density at radius 2 is 1.79 bits per heavy atom. The molecule has 1 aromatic rings. The Balaban J connectivity index is 2.94. The fourth-order valence-corrected chi connectivity index (χ4v) is 1.95. The molecule has 0 radical (unpaired) electrons. The van der Waals surface area contributed by atoms with Crippen LogP contribution in [0.15, 0.2) is 29.2 Å². The molecule has 0 saturated heterocycles. The van der Waals surface area contributed by atoms with Crippen molar-refractivity contribution in [2.45, 2.75) is 24.0 Å². The third-order valence-corrected chi connectivity index (χ3v) is 3.35. The largest absolute Gasteiger partial charge is 0.478 e. The van der Waals surface area contributed by atoms with Crippen molar-refractivity contribution in [1.82, 2.24) is 0 Å². The second-order valence-corrected chi connectivity index (χ2v) is 5.18. The highest BCUT2D eigenvalue weighted by Gasteiger charge is 2.09. The van der Waals surface area contributed by atoms with E-state index in [4.69, 9.17) is 5.11 Å². The molecule has 0 heterocycles. The first-order valence-electron chi connectivity index (χ1n) is 4.26. The van der Waals surface area contributed by atoms with Gasteiger partial charge in [0.25, 0.3) is 0 Å². The molecule has 0 aliphatic carbocycles. The molecule has 0 aliphatic heterocycles. The smallest absolute Gasteiger partial charge is 0.335 e. The number of aromatic carboxylic acids is 1. The Kier molecular flexibility index (Phi) is 3.41. The Morgan fingerprint density at radius 1 is 1.29 bits per heavy atom. The van der Waals surface area contributed by atoms with Gasteiger partial charge in [-0.1, -0.05) is 13.8 Å². The minimum atomic E-state index is -1.05. The van der Waals surface area contributed by atoms with Gasteiger partial charge >= 0.3 is 5.97 Å². The standard InChI is InChI=1S/C10H12O3S/c1-7(2)14(13)9-5-3-8(4-6-9)10(11)12/h3-7H,1-2H3,(H,11,12)/t14-/m1/s1. The highest BCUT2D eigenvalue weighted by Crippen LogP contribution is 2.12. The van der Waals surface area contributed by atoms with E-state index in [1.165, 1.54) is 12.1 Å². The molecular weight excluding hydrogens is 200 g/mol. The molecule has 0 saturated carbocycles. The van der Waals surface area contributed by atoms with Gasteiger partial charge in [-0.2, -0.15) is 0 Å². The van der Waals surface area contributed by atoms with Crippen molar-refractivity contribution >= 4 is 16.8 Å². The van der Waals surface area contributed by atoms with Crippen LogP contribution in [-0.4, -0.2) is 20.5 Å². The van der Waals surface area contributed by atoms with E-state index in [0.29, 0.717) is 4.90 Å². The van der Waals surface area contributed by atoms with Crippen LogP contribution in [0.1, 0.15) is 24.2 Å². The highest BCUT2D eigenvalue weighted by molar-refractivity contribution is 7.85. The molecule has 1 rings (SSSR count). The van der Waals surface area contributed by atoms with Crippen molar-refractivity contribution < 1.29 is 14.1 Å². The Bertz CT molecular complexity index is 354. The lowest BCUT2D eigenvalue weighted by Gasteiger charge is -2.05. The van der Waals surface area contributed by atoms with Crippen molar-refractivity contribution in [3.8, 4) is 0 Å². The van der Waals surface area contributed by atoms with E-state index in [1.807, 2.05) is 13.8 Å². The molecule has 0 aromatic heterocycles. The van der Waals surface area contributed by atoms with Crippen LogP contribution in [0.4, 0.5) is 0 Å². The van der Waals surface area contributed by atoms with Crippen LogP contribution >= 0.6 is 0 Å². The van der Waals surface area contributed by atoms with E-state index >= 15 is 0 Å². The third kappa shape index (κ3) is 2.42. The van der Waals surface area contributed by atoms with Crippen LogP contribution in [0.5, 0.6) is 0 Å². The quantitative estimate of drug-likeness (QED) is 0.832. The van der Waals surface area contributed by atoms with Gasteiger partial charge < -0.3 is 5.11 Å². The predicted molar refractivity (Wildman–Crippen MR) is 54.9 cm³/mol. The van der Waals surface area contributed by atoms with Crippen LogP contribution in [0.2, 0.25) is 0 Å². The summed E-state index contributed by atoms with van der Waals surface area (Å²) in [6.07, 6.45) is 0. The van der Waals surface area contributed by atoms with Gasteiger partial charge in [0.15, 0.2) is 0 Å². The van der Waals surface area contributed by atoms with Crippen molar-refractivity contribution in [3.05, 3.63) is 29.8 Å². The Labute approximate surface area is 85.2 Å². The SMILES string of the molecule is CC(C)[S@@](=O)c1ccc(C(=O)O)cc1. The fraction of sp³-hybridized carbons (Fsp3) is 0.300. The van der Waals surface area contributed by atoms with Gasteiger partial charge in [0.2, 0.25) is 0 Å². The summed E-state index contributed by atoms with van der Waals surface area (Å²) in [4.78, 5) is 11.2. The van der Waals surface area contributed by atoms with Crippen LogP contribution in [0, 0.1) is 0 Å². The molecule has 0 bridgehead atoms. The van der Waals surface area contributed by atoms with Gasteiger partial charge in [-0.3, -0.25) is 4.21 Å². The van der Waals surface area contributed by atoms with E-state index in [1.54, 1.807) is 12.1 Å². The van der Waals surface area contributed by atoms with Gasteiger partial charge in [-0.05, 0) is 24.3 Å². The number of carboxylic acid groups (broad SMARTS) is 1. The molecular formula is C10H12O3S. The summed E-state index contributed by atoms with van der Waals surface area (Å²) in [6, 6.07) is 6.13. The van der Waals surface area contributed by atoms with Crippen molar-refractivity contribution in [1.29, 1.82) is 0 Å². The van der Waals surface area contributed by atoms with Gasteiger partial charge in [0.1, 0.15) is 0 Å². The lowest BCUT2D eigenvalue weighted by atomic mass is 10.2. The molecule has 1 N–H and O–H groups in total. The summed E-state index contributed by atoms with van der Waals surface area (Å²) in [6.45, 7) is 3.72. The summed E-state index contributed by atoms with van der Waals surface area (Å²) in [7, 11) is -1.05. The molecule has 0 amide bonds. The monoisotopic (exact) mass is 212 g/mol. The molecule has 1 atom stereocenters. The number of benzene rings is 1. The topological polar surface area (TPSA) is 54.4 Å². The molecule has 0 aliphatic rings. The Hall–Kier alpha value is -1.16. The van der Waals surface area contributed by atoms with Crippen molar-refractivity contribution in [3.63, 3.8) is 0 Å². The number of hydrogen-bond acceptors (Lipinski definition) is 2. The van der Waals surface area contributed by atoms with Gasteiger partial charge in [-0.15, -0.1) is 0 Å². The van der Waals surface area contributed by atoms with Gasteiger partial charge in [-0.25, -0.2) is 4.79 Å². The van der Waals surface area contributed by atoms with Gasteiger partial charge in [0.05, 0.1) is 16.4 Å². The Morgan fingerprint density at radius 3 is 2.14 bits per heavy atom. The second-order valence-electron chi connectivity index (χ2n) is 3.18. The van der Waals surface area contributed by atoms with E-state index < -0.39 is 16.8 Å². The molecule has 76 valence electrons. The maximum absolute atomic E-state index is 11.6. The highest BCUT2D eigenvalue weighted by atomic mass is 32.2. The maximum Gasteiger partial charge on any atom is 0.335 e. The van der Waals surface area contributed by atoms with Crippen LogP contribution in [0.25, 0.3) is 0 Å². The van der Waals surface area contributed by atoms with E-state index in [-0.39, 0.29) is 10.8 Å². The molecule has 1 aromatic carbocycles. The van der Waals surface area contributed by atoms with Gasteiger partial charge in [0, 0.05) is 10.1 Å². The van der Waals surface area contributed by atoms with Crippen molar-refractivity contribution in [2.24, 2.45) is 0 Å². The summed E-state index contributed by atoms with van der Waals surface area (Å²) in [5.74, 6) is -0.966. The fourth-order valence-electron chi connectivity index (χ4n) is 1.00. The number of rotatable bonds is 3. The molecule has 0 spiro atoms. The van der Waals surface area contributed by atoms with E-state index in [2.05, 4.69) is 0 Å². The van der Waals surface area contributed by atoms with Crippen LogP contribution < -0.4 is 0 Å². The first-order valence-corrected chi connectivity index (χ1v) is 5.47. The van der Waals surface area contributed by atoms with Crippen LogP contribution in [-0.2, 0) is 10.8 Å². The average Bonchev–Trinajstić information content (AvgIpc) is 2.16. The number of carboxylic acids is 1. The van der Waals surface area contributed by atoms with E-state index in [9.17, 15) is 9.00 Å².